The Morgan fingerprint density at radius 3 is 2.31 bits per heavy atom. The van der Waals surface area contributed by atoms with E-state index in [2.05, 4.69) is 25.9 Å². The molecule has 1 aliphatic carbocycles. The zero-order chi connectivity index (χ0) is 36.0. The van der Waals surface area contributed by atoms with E-state index < -0.39 is 47.3 Å². The Labute approximate surface area is 282 Å². The van der Waals surface area contributed by atoms with Crippen LogP contribution in [-0.2, 0) is 14.3 Å². The van der Waals surface area contributed by atoms with Crippen LogP contribution in [0.3, 0.4) is 0 Å². The lowest BCUT2D eigenvalue weighted by Crippen LogP contribution is -2.53. The number of amides is 4. The molecule has 0 saturated heterocycles. The number of rotatable bonds is 5. The molecule has 49 heavy (non-hydrogen) atoms. The molecule has 4 amide bonds. The number of benzene rings is 1. The average molecular weight is 681 g/mol. The van der Waals surface area contributed by atoms with E-state index >= 15 is 4.39 Å². The summed E-state index contributed by atoms with van der Waals surface area (Å²) < 4.78 is 33.3. The van der Waals surface area contributed by atoms with Crippen molar-refractivity contribution in [3.8, 4) is 17.0 Å². The van der Waals surface area contributed by atoms with Gasteiger partial charge in [0, 0.05) is 41.9 Å². The highest BCUT2D eigenvalue weighted by molar-refractivity contribution is 6.05. The van der Waals surface area contributed by atoms with Crippen molar-refractivity contribution in [2.75, 3.05) is 29.2 Å². The molecule has 0 spiro atoms. The predicted octanol–water partition coefficient (Wildman–Crippen LogP) is 6.46. The quantitative estimate of drug-likeness (QED) is 0.234. The molecule has 262 valence electrons. The van der Waals surface area contributed by atoms with Crippen LogP contribution in [-0.4, -0.2) is 70.7 Å². The molecule has 15 heteroatoms. The maximum Gasteiger partial charge on any atom is 0.413 e. The van der Waals surface area contributed by atoms with E-state index in [9.17, 15) is 24.3 Å². The van der Waals surface area contributed by atoms with Gasteiger partial charge in [-0.2, -0.15) is 0 Å². The summed E-state index contributed by atoms with van der Waals surface area (Å²) in [5.41, 5.74) is -0.817. The highest BCUT2D eigenvalue weighted by Crippen LogP contribution is 2.45. The van der Waals surface area contributed by atoms with Gasteiger partial charge in [-0.1, -0.05) is 20.8 Å². The number of nitrogens with zero attached hydrogens (tertiary/aromatic N) is 3. The second-order valence-electron chi connectivity index (χ2n) is 14.3. The van der Waals surface area contributed by atoms with Crippen LogP contribution in [0.15, 0.2) is 24.5 Å². The van der Waals surface area contributed by atoms with E-state index in [0.29, 0.717) is 23.8 Å². The molecule has 1 atom stereocenters. The molecular formula is C34H41FN6O8. The Hall–Kier alpha value is -5.21. The smallest absolute Gasteiger partial charge is 0.413 e. The first-order valence-corrected chi connectivity index (χ1v) is 15.8. The van der Waals surface area contributed by atoms with Crippen molar-refractivity contribution in [1.29, 1.82) is 0 Å². The van der Waals surface area contributed by atoms with Crippen molar-refractivity contribution in [2.45, 2.75) is 79.1 Å². The molecule has 2 aromatic heterocycles. The third-order valence-corrected chi connectivity index (χ3v) is 8.50. The SMILES string of the molecule is CNC(=O)C1CC(OC(=O)Nc2cc3cc(-c4cnc5c(c4C)N(C(=O)O)C(C(C)(C)C)CO5)c(F)c(NC(=O)OC(C)(C)C)c3cn2)C1. The summed E-state index contributed by atoms with van der Waals surface area (Å²) in [5.74, 6) is -0.997. The number of aromatic nitrogens is 2. The maximum atomic E-state index is 16.6. The van der Waals surface area contributed by atoms with Gasteiger partial charge in [-0.15, -0.1) is 0 Å². The summed E-state index contributed by atoms with van der Waals surface area (Å²) in [6.07, 6.45) is 0.142. The zero-order valence-electron chi connectivity index (χ0n) is 28.7. The van der Waals surface area contributed by atoms with Crippen LogP contribution in [0.4, 0.5) is 36.0 Å². The number of ether oxygens (including phenoxy) is 3. The first-order chi connectivity index (χ1) is 22.9. The number of hydrogen-bond donors (Lipinski definition) is 4. The third-order valence-electron chi connectivity index (χ3n) is 8.50. The zero-order valence-corrected chi connectivity index (χ0v) is 28.7. The first kappa shape index (κ1) is 35.1. The molecule has 14 nitrogen and oxygen atoms in total. The fourth-order valence-electron chi connectivity index (χ4n) is 5.91. The topological polar surface area (TPSA) is 181 Å². The Morgan fingerprint density at radius 1 is 1.00 bits per heavy atom. The monoisotopic (exact) mass is 680 g/mol. The van der Waals surface area contributed by atoms with Gasteiger partial charge in [0.05, 0.1) is 11.7 Å². The standard InChI is InChI=1S/C34H41FN6O8/c1-16-21(13-38-29-27(16)41(32(45)46)23(15-47-29)33(2,3)4)20-11-17-12-24(39-30(43)48-19-9-18(10-19)28(42)36-8)37-14-22(17)26(25(20)35)40-31(44)49-34(5,6)7/h11-14,18-19,23H,9-10,15H2,1-8H3,(H,36,42)(H,40,44)(H,45,46)(H,37,39,43). The van der Waals surface area contributed by atoms with Gasteiger partial charge in [-0.25, -0.2) is 28.7 Å². The number of nitrogens with one attached hydrogen (secondary N) is 3. The van der Waals surface area contributed by atoms with Crippen molar-refractivity contribution in [2.24, 2.45) is 11.3 Å². The van der Waals surface area contributed by atoms with Gasteiger partial charge < -0.3 is 24.6 Å². The molecule has 1 aliphatic heterocycles. The van der Waals surface area contributed by atoms with Crippen LogP contribution in [0.25, 0.3) is 21.9 Å². The number of anilines is 3. The summed E-state index contributed by atoms with van der Waals surface area (Å²) in [4.78, 5) is 59.8. The fourth-order valence-corrected chi connectivity index (χ4v) is 5.91. The van der Waals surface area contributed by atoms with Gasteiger partial charge in [0.1, 0.15) is 29.8 Å². The molecule has 3 aromatic rings. The molecule has 1 aromatic carbocycles. The van der Waals surface area contributed by atoms with Gasteiger partial charge in [0.25, 0.3) is 0 Å². The Balaban J connectivity index is 1.57. The Kier molecular flexibility index (Phi) is 9.32. The van der Waals surface area contributed by atoms with Crippen LogP contribution in [0.2, 0.25) is 0 Å². The highest BCUT2D eigenvalue weighted by atomic mass is 19.1. The molecule has 1 saturated carbocycles. The van der Waals surface area contributed by atoms with Gasteiger partial charge >= 0.3 is 18.3 Å². The van der Waals surface area contributed by atoms with Crippen molar-refractivity contribution in [3.63, 3.8) is 0 Å². The number of fused-ring (bicyclic) bond motifs is 2. The van der Waals surface area contributed by atoms with E-state index in [1.165, 1.54) is 29.4 Å². The fraction of sp³-hybridized carbons (Fsp3) is 0.471. The summed E-state index contributed by atoms with van der Waals surface area (Å²) in [5, 5.41) is 18.5. The lowest BCUT2D eigenvalue weighted by molar-refractivity contribution is -0.130. The number of carboxylic acid groups (broad SMARTS) is 1. The molecule has 0 bridgehead atoms. The van der Waals surface area contributed by atoms with Crippen LogP contribution in [0, 0.1) is 24.1 Å². The lowest BCUT2D eigenvalue weighted by atomic mass is 9.81. The van der Waals surface area contributed by atoms with E-state index in [4.69, 9.17) is 14.2 Å². The van der Waals surface area contributed by atoms with Crippen molar-refractivity contribution >= 4 is 52.2 Å². The molecule has 5 rings (SSSR count). The molecule has 2 aliphatic rings. The van der Waals surface area contributed by atoms with Crippen LogP contribution in [0.5, 0.6) is 5.88 Å². The van der Waals surface area contributed by atoms with Gasteiger partial charge in [-0.05, 0) is 69.0 Å². The number of carbonyl (C=O) groups excluding carboxylic acids is 3. The number of hydrogen-bond acceptors (Lipinski definition) is 9. The van der Waals surface area contributed by atoms with Crippen LogP contribution in [0.1, 0.15) is 59.9 Å². The van der Waals surface area contributed by atoms with Crippen molar-refractivity contribution in [3.05, 3.63) is 35.9 Å². The van der Waals surface area contributed by atoms with Crippen LogP contribution < -0.4 is 25.6 Å². The van der Waals surface area contributed by atoms with Gasteiger partial charge in [-0.3, -0.25) is 20.3 Å². The molecular weight excluding hydrogens is 639 g/mol. The van der Waals surface area contributed by atoms with E-state index in [-0.39, 0.29) is 58.0 Å². The van der Waals surface area contributed by atoms with E-state index in [0.717, 1.165) is 0 Å². The Bertz CT molecular complexity index is 1830. The minimum absolute atomic E-state index is 0.0102. The van der Waals surface area contributed by atoms with Crippen LogP contribution >= 0.6 is 0 Å². The minimum Gasteiger partial charge on any atom is -0.474 e. The van der Waals surface area contributed by atoms with E-state index in [1.54, 1.807) is 34.7 Å². The maximum absolute atomic E-state index is 16.6. The van der Waals surface area contributed by atoms with Crippen molar-refractivity contribution in [1.82, 2.24) is 15.3 Å². The summed E-state index contributed by atoms with van der Waals surface area (Å²) >= 11 is 0. The predicted molar refractivity (Wildman–Crippen MR) is 179 cm³/mol. The molecule has 1 fully saturated rings. The largest absolute Gasteiger partial charge is 0.474 e. The van der Waals surface area contributed by atoms with Crippen molar-refractivity contribution < 1.29 is 42.9 Å². The molecule has 4 N–H and O–H groups in total. The van der Waals surface area contributed by atoms with E-state index in [1.807, 2.05) is 20.8 Å². The lowest BCUT2D eigenvalue weighted by Gasteiger charge is -2.42. The highest BCUT2D eigenvalue weighted by Gasteiger charge is 2.42. The number of carbonyl (C=O) groups is 4. The Morgan fingerprint density at radius 2 is 1.69 bits per heavy atom. The second kappa shape index (κ2) is 13.0. The number of halogens is 1. The number of pyridine rings is 2. The average Bonchev–Trinajstić information content (AvgIpc) is 2.98. The summed E-state index contributed by atoms with van der Waals surface area (Å²) in [6.45, 7) is 12.4. The first-order valence-electron chi connectivity index (χ1n) is 15.8. The van der Waals surface area contributed by atoms with Gasteiger partial charge in [0.2, 0.25) is 11.8 Å². The molecule has 1 unspecified atom stereocenters. The second-order valence-corrected chi connectivity index (χ2v) is 14.3. The molecule has 0 radical (unpaired) electrons. The summed E-state index contributed by atoms with van der Waals surface area (Å²) in [6, 6.07) is 2.42. The van der Waals surface area contributed by atoms with Gasteiger partial charge in [0.15, 0.2) is 5.82 Å². The normalized spacial score (nSPS) is 18.8. The summed E-state index contributed by atoms with van der Waals surface area (Å²) in [7, 11) is 1.55. The molecule has 3 heterocycles. The minimum atomic E-state index is -1.21. The third kappa shape index (κ3) is 7.29.